The van der Waals surface area contributed by atoms with E-state index in [1.807, 2.05) is 31.2 Å². The lowest BCUT2D eigenvalue weighted by Gasteiger charge is -2.09. The summed E-state index contributed by atoms with van der Waals surface area (Å²) < 4.78 is 0. The van der Waals surface area contributed by atoms with Crippen molar-refractivity contribution in [2.75, 3.05) is 5.73 Å². The van der Waals surface area contributed by atoms with Gasteiger partial charge in [0.2, 0.25) is 0 Å². The van der Waals surface area contributed by atoms with Crippen molar-refractivity contribution in [2.24, 2.45) is 0 Å². The zero-order valence-corrected chi connectivity index (χ0v) is 12.2. The average molecular weight is 304 g/mol. The number of anilines is 1. The largest absolute Gasteiger partial charge is 0.383 e. The van der Waals surface area contributed by atoms with Crippen LogP contribution in [0.3, 0.4) is 0 Å². The number of fused-ring (bicyclic) bond motifs is 1. The monoisotopic (exact) mass is 303 g/mol. The van der Waals surface area contributed by atoms with Gasteiger partial charge in [-0.25, -0.2) is 9.97 Å². The molecule has 3 nitrogen and oxygen atoms in total. The van der Waals surface area contributed by atoms with Crippen LogP contribution in [0.2, 0.25) is 10.0 Å². The van der Waals surface area contributed by atoms with Gasteiger partial charge in [0, 0.05) is 21.0 Å². The van der Waals surface area contributed by atoms with E-state index in [-0.39, 0.29) is 0 Å². The second kappa shape index (κ2) is 4.93. The molecule has 0 saturated heterocycles. The van der Waals surface area contributed by atoms with Gasteiger partial charge in [0.25, 0.3) is 0 Å². The highest BCUT2D eigenvalue weighted by atomic mass is 35.5. The second-order valence-corrected chi connectivity index (χ2v) is 5.35. The van der Waals surface area contributed by atoms with Crippen molar-refractivity contribution in [2.45, 2.75) is 6.92 Å². The maximum absolute atomic E-state index is 6.14. The molecule has 0 saturated carbocycles. The topological polar surface area (TPSA) is 51.8 Å². The van der Waals surface area contributed by atoms with E-state index in [2.05, 4.69) is 9.97 Å². The number of aromatic nitrogens is 2. The van der Waals surface area contributed by atoms with Gasteiger partial charge < -0.3 is 5.73 Å². The second-order valence-electron chi connectivity index (χ2n) is 4.51. The lowest BCUT2D eigenvalue weighted by molar-refractivity contribution is 1.22. The normalized spacial score (nSPS) is 10.9. The summed E-state index contributed by atoms with van der Waals surface area (Å²) in [5.41, 5.74) is 8.52. The Morgan fingerprint density at radius 3 is 2.65 bits per heavy atom. The Morgan fingerprint density at radius 1 is 1.05 bits per heavy atom. The Bertz CT molecular complexity index is 816. The summed E-state index contributed by atoms with van der Waals surface area (Å²) in [6, 6.07) is 11.0. The van der Waals surface area contributed by atoms with Crippen LogP contribution in [0.5, 0.6) is 0 Å². The third kappa shape index (κ3) is 2.19. The highest BCUT2D eigenvalue weighted by molar-refractivity contribution is 6.32. The molecule has 5 heteroatoms. The molecule has 0 unspecified atom stereocenters. The first-order valence-corrected chi connectivity index (χ1v) is 6.80. The molecule has 0 radical (unpaired) electrons. The molecule has 0 aliphatic rings. The van der Waals surface area contributed by atoms with Gasteiger partial charge >= 0.3 is 0 Å². The summed E-state index contributed by atoms with van der Waals surface area (Å²) in [6.45, 7) is 1.93. The zero-order valence-electron chi connectivity index (χ0n) is 10.7. The van der Waals surface area contributed by atoms with Gasteiger partial charge in [-0.15, -0.1) is 0 Å². The number of hydrogen-bond acceptors (Lipinski definition) is 3. The smallest absolute Gasteiger partial charge is 0.162 e. The Morgan fingerprint density at radius 2 is 1.85 bits per heavy atom. The van der Waals surface area contributed by atoms with Crippen molar-refractivity contribution in [3.8, 4) is 11.4 Å². The summed E-state index contributed by atoms with van der Waals surface area (Å²) in [5, 5.41) is 2.08. The van der Waals surface area contributed by atoms with Crippen molar-refractivity contribution in [3.05, 3.63) is 52.0 Å². The lowest BCUT2D eigenvalue weighted by Crippen LogP contribution is -1.99. The summed E-state index contributed by atoms with van der Waals surface area (Å²) in [4.78, 5) is 8.90. The minimum Gasteiger partial charge on any atom is -0.383 e. The molecule has 0 fully saturated rings. The van der Waals surface area contributed by atoms with E-state index in [4.69, 9.17) is 28.9 Å². The van der Waals surface area contributed by atoms with Crippen LogP contribution < -0.4 is 5.73 Å². The van der Waals surface area contributed by atoms with Gasteiger partial charge in [-0.1, -0.05) is 35.3 Å². The highest BCUT2D eigenvalue weighted by Crippen LogP contribution is 2.29. The SMILES string of the molecule is Cc1c(Cl)cccc1-c1nc(N)c2ccc(Cl)cc2n1. The molecule has 0 spiro atoms. The predicted molar refractivity (Wildman–Crippen MR) is 84.1 cm³/mol. The molecular weight excluding hydrogens is 293 g/mol. The van der Waals surface area contributed by atoms with Gasteiger partial charge in [0.15, 0.2) is 5.82 Å². The number of nitrogens with two attached hydrogens (primary N) is 1. The molecule has 0 aliphatic carbocycles. The maximum Gasteiger partial charge on any atom is 0.162 e. The maximum atomic E-state index is 6.14. The van der Waals surface area contributed by atoms with Crippen LogP contribution in [0.15, 0.2) is 36.4 Å². The molecule has 2 N–H and O–H groups in total. The molecule has 0 atom stereocenters. The van der Waals surface area contributed by atoms with Crippen molar-refractivity contribution in [3.63, 3.8) is 0 Å². The summed E-state index contributed by atoms with van der Waals surface area (Å²) in [7, 11) is 0. The Hall–Kier alpha value is -1.84. The van der Waals surface area contributed by atoms with Crippen LogP contribution in [0, 0.1) is 6.92 Å². The molecule has 20 heavy (non-hydrogen) atoms. The van der Waals surface area contributed by atoms with E-state index in [9.17, 15) is 0 Å². The van der Waals surface area contributed by atoms with Crippen LogP contribution in [0.1, 0.15) is 5.56 Å². The van der Waals surface area contributed by atoms with Crippen LogP contribution in [0.4, 0.5) is 5.82 Å². The van der Waals surface area contributed by atoms with E-state index >= 15 is 0 Å². The van der Waals surface area contributed by atoms with Gasteiger partial charge in [-0.05, 0) is 36.8 Å². The van der Waals surface area contributed by atoms with Crippen LogP contribution >= 0.6 is 23.2 Å². The minimum absolute atomic E-state index is 0.432. The predicted octanol–water partition coefficient (Wildman–Crippen LogP) is 4.49. The van der Waals surface area contributed by atoms with E-state index in [0.29, 0.717) is 21.7 Å². The molecule has 2 aromatic carbocycles. The molecule has 3 aromatic rings. The summed E-state index contributed by atoms with van der Waals surface area (Å²) in [6.07, 6.45) is 0. The zero-order chi connectivity index (χ0) is 14.3. The van der Waals surface area contributed by atoms with E-state index in [0.717, 1.165) is 22.0 Å². The highest BCUT2D eigenvalue weighted by Gasteiger charge is 2.11. The first kappa shape index (κ1) is 13.2. The standard InChI is InChI=1S/C15H11Cl2N3/c1-8-10(3-2-4-12(8)17)15-19-13-7-9(16)5-6-11(13)14(18)20-15/h2-7H,1H3,(H2,18,19,20). The fourth-order valence-electron chi connectivity index (χ4n) is 2.10. The number of halogens is 2. The molecule has 1 aromatic heterocycles. The van der Waals surface area contributed by atoms with E-state index in [1.165, 1.54) is 0 Å². The molecule has 100 valence electrons. The fourth-order valence-corrected chi connectivity index (χ4v) is 2.44. The number of nitrogens with zero attached hydrogens (tertiary/aromatic N) is 2. The van der Waals surface area contributed by atoms with Crippen LogP contribution in [-0.2, 0) is 0 Å². The third-order valence-electron chi connectivity index (χ3n) is 3.20. The first-order valence-electron chi connectivity index (χ1n) is 6.04. The number of nitrogen functional groups attached to an aromatic ring is 1. The van der Waals surface area contributed by atoms with Gasteiger partial charge in [0.05, 0.1) is 5.52 Å². The molecule has 3 rings (SSSR count). The first-order chi connectivity index (χ1) is 9.56. The molecule has 0 amide bonds. The molecule has 0 bridgehead atoms. The molecule has 0 aliphatic heterocycles. The van der Waals surface area contributed by atoms with Crippen molar-refractivity contribution in [1.82, 2.24) is 9.97 Å². The van der Waals surface area contributed by atoms with E-state index in [1.54, 1.807) is 12.1 Å². The Kier molecular flexibility index (Phi) is 3.24. The van der Waals surface area contributed by atoms with Crippen molar-refractivity contribution < 1.29 is 0 Å². The molecular formula is C15H11Cl2N3. The number of hydrogen-bond donors (Lipinski definition) is 1. The Labute approximate surface area is 126 Å². The number of rotatable bonds is 1. The third-order valence-corrected chi connectivity index (χ3v) is 3.84. The van der Waals surface area contributed by atoms with E-state index < -0.39 is 0 Å². The van der Waals surface area contributed by atoms with Crippen molar-refractivity contribution in [1.29, 1.82) is 0 Å². The fraction of sp³-hybridized carbons (Fsp3) is 0.0667. The van der Waals surface area contributed by atoms with Gasteiger partial charge in [-0.3, -0.25) is 0 Å². The van der Waals surface area contributed by atoms with Gasteiger partial charge in [-0.2, -0.15) is 0 Å². The Balaban J connectivity index is 2.29. The lowest BCUT2D eigenvalue weighted by atomic mass is 10.1. The minimum atomic E-state index is 0.432. The van der Waals surface area contributed by atoms with Gasteiger partial charge in [0.1, 0.15) is 5.82 Å². The van der Waals surface area contributed by atoms with Crippen LogP contribution in [0.25, 0.3) is 22.3 Å². The number of benzene rings is 2. The van der Waals surface area contributed by atoms with Crippen LogP contribution in [-0.4, -0.2) is 9.97 Å². The average Bonchev–Trinajstić information content (AvgIpc) is 2.41. The van der Waals surface area contributed by atoms with Crippen molar-refractivity contribution >= 4 is 39.9 Å². The quantitative estimate of drug-likeness (QED) is 0.720. The molecule has 1 heterocycles. The summed E-state index contributed by atoms with van der Waals surface area (Å²) >= 11 is 12.1. The summed E-state index contributed by atoms with van der Waals surface area (Å²) in [5.74, 6) is 0.985.